The number of aromatic amines is 1. The van der Waals surface area contributed by atoms with E-state index in [1.165, 1.54) is 13.2 Å². The van der Waals surface area contributed by atoms with Crippen LogP contribution in [0.3, 0.4) is 0 Å². The largest absolute Gasteiger partial charge is 0.493 e. The minimum Gasteiger partial charge on any atom is -0.493 e. The zero-order valence-electron chi connectivity index (χ0n) is 16.5. The number of hydrogen-bond donors (Lipinski definition) is 2. The maximum Gasteiger partial charge on any atom is 0.349 e. The van der Waals surface area contributed by atoms with Crippen molar-refractivity contribution >= 4 is 33.6 Å². The molecule has 31 heavy (non-hydrogen) atoms. The molecule has 7 heteroatoms. The van der Waals surface area contributed by atoms with Gasteiger partial charge in [-0.2, -0.15) is 0 Å². The number of amides is 1. The summed E-state index contributed by atoms with van der Waals surface area (Å²) in [5, 5.41) is 3.34. The molecule has 0 fully saturated rings. The number of anilines is 1. The van der Waals surface area contributed by atoms with Gasteiger partial charge < -0.3 is 19.5 Å². The predicted octanol–water partition coefficient (Wildman–Crippen LogP) is 4.60. The molecule has 2 aromatic heterocycles. The van der Waals surface area contributed by atoms with Crippen LogP contribution >= 0.6 is 0 Å². The highest BCUT2D eigenvalue weighted by molar-refractivity contribution is 6.05. The molecule has 0 unspecified atom stereocenters. The molecule has 152 valence electrons. The molecule has 1 amide bonds. The molecule has 2 N–H and O–H groups in total. The molecule has 2 heterocycles. The van der Waals surface area contributed by atoms with E-state index in [1.807, 2.05) is 36.4 Å². The fraction of sp³-hybridized carbons (Fsp3) is 0.0417. The van der Waals surface area contributed by atoms with E-state index in [9.17, 15) is 9.59 Å². The number of aromatic nitrogens is 2. The lowest BCUT2D eigenvalue weighted by molar-refractivity contribution is 0.102. The first-order chi connectivity index (χ1) is 15.1. The maximum atomic E-state index is 12.7. The summed E-state index contributed by atoms with van der Waals surface area (Å²) in [5.74, 6) is 0.626. The van der Waals surface area contributed by atoms with Gasteiger partial charge in [-0.15, -0.1) is 0 Å². The Morgan fingerprint density at radius 3 is 2.61 bits per heavy atom. The number of nitrogens with zero attached hydrogens (tertiary/aromatic N) is 1. The number of ether oxygens (including phenoxy) is 1. The first-order valence-electron chi connectivity index (χ1n) is 9.60. The summed E-state index contributed by atoms with van der Waals surface area (Å²) in [5.41, 5.74) is 2.77. The zero-order chi connectivity index (χ0) is 21.4. The summed E-state index contributed by atoms with van der Waals surface area (Å²) in [7, 11) is 1.49. The van der Waals surface area contributed by atoms with E-state index < -0.39 is 11.5 Å². The van der Waals surface area contributed by atoms with Crippen molar-refractivity contribution in [2.45, 2.75) is 0 Å². The lowest BCUT2D eigenvalue weighted by Gasteiger charge is -2.07. The number of para-hydroxylation sites is 3. The minimum absolute atomic E-state index is 0.0814. The number of carbonyl (C=O) groups is 1. The summed E-state index contributed by atoms with van der Waals surface area (Å²) < 4.78 is 10.5. The Balaban J connectivity index is 1.40. The Bertz CT molecular complexity index is 1450. The van der Waals surface area contributed by atoms with Crippen LogP contribution in [0.25, 0.3) is 33.4 Å². The number of carbonyl (C=O) groups excluding carboxylic acids is 1. The van der Waals surface area contributed by atoms with Crippen LogP contribution in [0.1, 0.15) is 10.4 Å². The molecule has 3 aromatic carbocycles. The summed E-state index contributed by atoms with van der Waals surface area (Å²) in [6.07, 6.45) is 0. The van der Waals surface area contributed by atoms with Crippen molar-refractivity contribution in [1.82, 2.24) is 9.97 Å². The van der Waals surface area contributed by atoms with E-state index in [2.05, 4.69) is 15.3 Å². The molecule has 5 aromatic rings. The lowest BCUT2D eigenvalue weighted by Crippen LogP contribution is -2.20. The summed E-state index contributed by atoms with van der Waals surface area (Å²) >= 11 is 0. The molecule has 0 saturated carbocycles. The second kappa shape index (κ2) is 7.46. The Kier molecular flexibility index (Phi) is 4.48. The SMILES string of the molecule is COc1cccc2cc(C(=O)Nc3ccc(-c4nc5ccccc5[nH]4)cc3)c(=O)oc12. The van der Waals surface area contributed by atoms with E-state index >= 15 is 0 Å². The van der Waals surface area contributed by atoms with Crippen LogP contribution in [0, 0.1) is 0 Å². The summed E-state index contributed by atoms with van der Waals surface area (Å²) in [4.78, 5) is 32.9. The number of fused-ring (bicyclic) bond motifs is 2. The van der Waals surface area contributed by atoms with Crippen molar-refractivity contribution in [3.8, 4) is 17.1 Å². The number of hydrogen-bond acceptors (Lipinski definition) is 5. The molecule has 0 bridgehead atoms. The molecule has 0 spiro atoms. The highest BCUT2D eigenvalue weighted by atomic mass is 16.5. The van der Waals surface area contributed by atoms with Gasteiger partial charge >= 0.3 is 5.63 Å². The molecule has 0 aliphatic rings. The second-order valence-corrected chi connectivity index (χ2v) is 6.96. The van der Waals surface area contributed by atoms with Gasteiger partial charge in [0.15, 0.2) is 11.3 Å². The molecule has 5 rings (SSSR count). The standard InChI is InChI=1S/C24H17N3O4/c1-30-20-8-4-5-15-13-17(24(29)31-21(15)20)23(28)25-16-11-9-14(10-12-16)22-26-18-6-2-3-7-19(18)27-22/h2-13H,1H3,(H,25,28)(H,26,27). The van der Waals surface area contributed by atoms with Gasteiger partial charge in [-0.25, -0.2) is 9.78 Å². The smallest absolute Gasteiger partial charge is 0.349 e. The van der Waals surface area contributed by atoms with Crippen LogP contribution in [0.2, 0.25) is 0 Å². The monoisotopic (exact) mass is 411 g/mol. The highest BCUT2D eigenvalue weighted by Crippen LogP contribution is 2.25. The van der Waals surface area contributed by atoms with Gasteiger partial charge in [0.2, 0.25) is 0 Å². The number of rotatable bonds is 4. The molecule has 0 aliphatic carbocycles. The van der Waals surface area contributed by atoms with Crippen molar-refractivity contribution in [1.29, 1.82) is 0 Å². The number of nitrogens with one attached hydrogen (secondary N) is 2. The van der Waals surface area contributed by atoms with Gasteiger partial charge in [0.1, 0.15) is 11.4 Å². The quantitative estimate of drug-likeness (QED) is 0.421. The van der Waals surface area contributed by atoms with Crippen molar-refractivity contribution < 1.29 is 13.9 Å². The molecule has 0 atom stereocenters. The lowest BCUT2D eigenvalue weighted by atomic mass is 10.1. The van der Waals surface area contributed by atoms with Crippen LogP contribution in [-0.4, -0.2) is 23.0 Å². The normalized spacial score (nSPS) is 11.0. The molecule has 0 saturated heterocycles. The minimum atomic E-state index is -0.728. The number of methoxy groups -OCH3 is 1. The van der Waals surface area contributed by atoms with Gasteiger partial charge in [0.25, 0.3) is 5.91 Å². The molecule has 7 nitrogen and oxygen atoms in total. The van der Waals surface area contributed by atoms with Crippen molar-refractivity contribution in [3.05, 3.63) is 88.8 Å². The van der Waals surface area contributed by atoms with Gasteiger partial charge in [0.05, 0.1) is 18.1 Å². The van der Waals surface area contributed by atoms with E-state index in [1.54, 1.807) is 30.3 Å². The van der Waals surface area contributed by atoms with Crippen LogP contribution in [0.5, 0.6) is 5.75 Å². The first kappa shape index (κ1) is 18.6. The zero-order valence-corrected chi connectivity index (χ0v) is 16.5. The fourth-order valence-electron chi connectivity index (χ4n) is 3.44. The summed E-state index contributed by atoms with van der Waals surface area (Å²) in [6.45, 7) is 0. The highest BCUT2D eigenvalue weighted by Gasteiger charge is 2.16. The average Bonchev–Trinajstić information content (AvgIpc) is 3.23. The van der Waals surface area contributed by atoms with Crippen LogP contribution in [0.15, 0.2) is 82.0 Å². The van der Waals surface area contributed by atoms with E-state index in [0.29, 0.717) is 22.4 Å². The topological polar surface area (TPSA) is 97.2 Å². The van der Waals surface area contributed by atoms with Gasteiger partial charge in [-0.05, 0) is 48.5 Å². The Morgan fingerprint density at radius 1 is 1.03 bits per heavy atom. The average molecular weight is 411 g/mol. The van der Waals surface area contributed by atoms with Crippen molar-refractivity contribution in [3.63, 3.8) is 0 Å². The summed E-state index contributed by atoms with van der Waals surface area (Å²) in [6, 6.07) is 21.7. The van der Waals surface area contributed by atoms with Crippen LogP contribution in [-0.2, 0) is 0 Å². The Labute approximate surface area is 176 Å². The van der Waals surface area contributed by atoms with Crippen molar-refractivity contribution in [2.24, 2.45) is 0 Å². The Morgan fingerprint density at radius 2 is 1.84 bits per heavy atom. The van der Waals surface area contributed by atoms with Gasteiger partial charge in [-0.1, -0.05) is 24.3 Å². The van der Waals surface area contributed by atoms with E-state index in [0.717, 1.165) is 22.4 Å². The fourth-order valence-corrected chi connectivity index (χ4v) is 3.44. The number of H-pyrrole nitrogens is 1. The van der Waals surface area contributed by atoms with Crippen LogP contribution < -0.4 is 15.7 Å². The number of benzene rings is 3. The van der Waals surface area contributed by atoms with E-state index in [-0.39, 0.29) is 5.56 Å². The molecule has 0 aliphatic heterocycles. The third kappa shape index (κ3) is 3.42. The van der Waals surface area contributed by atoms with Crippen LogP contribution in [0.4, 0.5) is 5.69 Å². The predicted molar refractivity (Wildman–Crippen MR) is 119 cm³/mol. The molecular formula is C24H17N3O4. The van der Waals surface area contributed by atoms with Gasteiger partial charge in [-0.3, -0.25) is 4.79 Å². The number of imidazole rings is 1. The molecule has 0 radical (unpaired) electrons. The van der Waals surface area contributed by atoms with Gasteiger partial charge in [0, 0.05) is 16.6 Å². The third-order valence-corrected chi connectivity index (χ3v) is 4.99. The Hall–Kier alpha value is -4.39. The maximum absolute atomic E-state index is 12.7. The first-order valence-corrected chi connectivity index (χ1v) is 9.60. The second-order valence-electron chi connectivity index (χ2n) is 6.96. The third-order valence-electron chi connectivity index (χ3n) is 4.99. The van der Waals surface area contributed by atoms with E-state index in [4.69, 9.17) is 9.15 Å². The molecular weight excluding hydrogens is 394 g/mol. The van der Waals surface area contributed by atoms with Crippen molar-refractivity contribution in [2.75, 3.05) is 12.4 Å².